The molecule has 22 heavy (non-hydrogen) atoms. The van der Waals surface area contributed by atoms with Crippen molar-refractivity contribution >= 4 is 27.6 Å². The van der Waals surface area contributed by atoms with Gasteiger partial charge in [0.05, 0.1) is 0 Å². The molecule has 1 atom stereocenters. The Morgan fingerprint density at radius 1 is 1.50 bits per heavy atom. The lowest BCUT2D eigenvalue weighted by molar-refractivity contribution is 0.572. The molecule has 3 N–H and O–H groups in total. The van der Waals surface area contributed by atoms with Crippen molar-refractivity contribution < 1.29 is 0 Å². The predicted octanol–water partition coefficient (Wildman–Crippen LogP) is 3.23. The van der Waals surface area contributed by atoms with E-state index in [1.54, 1.807) is 0 Å². The zero-order chi connectivity index (χ0) is 15.9. The van der Waals surface area contributed by atoms with Gasteiger partial charge < -0.3 is 16.0 Å². The van der Waals surface area contributed by atoms with E-state index in [-0.39, 0.29) is 0 Å². The van der Waals surface area contributed by atoms with E-state index >= 15 is 0 Å². The highest BCUT2D eigenvalue weighted by molar-refractivity contribution is 9.10. The molecule has 5 heteroatoms. The zero-order valence-electron chi connectivity index (χ0n) is 13.6. The number of rotatable bonds is 6. The van der Waals surface area contributed by atoms with Crippen molar-refractivity contribution in [2.75, 3.05) is 31.1 Å². The Hall–Kier alpha value is -1.23. The van der Waals surface area contributed by atoms with Crippen LogP contribution in [0.25, 0.3) is 0 Å². The average Bonchev–Trinajstić information content (AvgIpc) is 2.93. The molecular weight excluding hydrogens is 340 g/mol. The molecule has 4 nitrogen and oxygen atoms in total. The molecule has 0 spiro atoms. The van der Waals surface area contributed by atoms with Crippen molar-refractivity contribution in [2.45, 2.75) is 26.7 Å². The van der Waals surface area contributed by atoms with Crippen LogP contribution in [0, 0.1) is 11.8 Å². The highest BCUT2D eigenvalue weighted by Crippen LogP contribution is 2.26. The van der Waals surface area contributed by atoms with Crippen molar-refractivity contribution in [3.63, 3.8) is 0 Å². The number of nitrogens with one attached hydrogen (secondary N) is 1. The molecule has 0 saturated carbocycles. The van der Waals surface area contributed by atoms with Crippen LogP contribution in [-0.4, -0.2) is 32.1 Å². The Morgan fingerprint density at radius 2 is 2.32 bits per heavy atom. The predicted molar refractivity (Wildman–Crippen MR) is 98.4 cm³/mol. The van der Waals surface area contributed by atoms with Crippen LogP contribution in [0.3, 0.4) is 0 Å². The number of nitrogens with two attached hydrogens (primary N) is 1. The van der Waals surface area contributed by atoms with Crippen LogP contribution >= 0.6 is 15.9 Å². The number of anilines is 1. The van der Waals surface area contributed by atoms with Crippen molar-refractivity contribution in [1.82, 2.24) is 5.32 Å². The largest absolute Gasteiger partial charge is 0.371 e. The summed E-state index contributed by atoms with van der Waals surface area (Å²) in [6.07, 6.45) is 2.30. The Bertz CT molecular complexity index is 501. The average molecular weight is 367 g/mol. The minimum absolute atomic E-state index is 0.585. The van der Waals surface area contributed by atoms with E-state index in [0.717, 1.165) is 37.1 Å². The number of halogens is 1. The molecule has 0 bridgehead atoms. The second-order valence-electron chi connectivity index (χ2n) is 6.42. The van der Waals surface area contributed by atoms with Crippen molar-refractivity contribution in [1.29, 1.82) is 0 Å². The van der Waals surface area contributed by atoms with Gasteiger partial charge in [0.2, 0.25) is 0 Å². The van der Waals surface area contributed by atoms with Gasteiger partial charge in [0.25, 0.3) is 0 Å². The minimum Gasteiger partial charge on any atom is -0.371 e. The molecule has 0 aromatic heterocycles. The van der Waals surface area contributed by atoms with Crippen molar-refractivity contribution in [3.05, 3.63) is 28.7 Å². The maximum absolute atomic E-state index is 5.92. The monoisotopic (exact) mass is 366 g/mol. The lowest BCUT2D eigenvalue weighted by Crippen LogP contribution is -2.33. The summed E-state index contributed by atoms with van der Waals surface area (Å²) in [7, 11) is 0. The van der Waals surface area contributed by atoms with Crippen LogP contribution in [0.4, 0.5) is 5.69 Å². The smallest absolute Gasteiger partial charge is 0.188 e. The van der Waals surface area contributed by atoms with Crippen LogP contribution in [0.5, 0.6) is 0 Å². The quantitative estimate of drug-likeness (QED) is 0.600. The van der Waals surface area contributed by atoms with Gasteiger partial charge >= 0.3 is 0 Å². The number of benzene rings is 1. The van der Waals surface area contributed by atoms with Gasteiger partial charge in [-0.2, -0.15) is 0 Å². The number of hydrogen-bond donors (Lipinski definition) is 2. The van der Waals surface area contributed by atoms with Crippen LogP contribution in [0.1, 0.15) is 26.7 Å². The van der Waals surface area contributed by atoms with E-state index in [4.69, 9.17) is 5.73 Å². The Kier molecular flexibility index (Phi) is 6.55. The molecule has 0 amide bonds. The van der Waals surface area contributed by atoms with Crippen molar-refractivity contribution in [3.8, 4) is 0 Å². The summed E-state index contributed by atoms with van der Waals surface area (Å²) in [6, 6.07) is 8.48. The second kappa shape index (κ2) is 8.42. The van der Waals surface area contributed by atoms with Gasteiger partial charge in [-0.25, -0.2) is 0 Å². The summed E-state index contributed by atoms with van der Waals surface area (Å²) in [5.74, 6) is 1.86. The molecule has 1 saturated heterocycles. The summed E-state index contributed by atoms with van der Waals surface area (Å²) >= 11 is 3.53. The highest BCUT2D eigenvalue weighted by atomic mass is 79.9. The fraction of sp³-hybridized carbons (Fsp3) is 0.588. The first-order valence-electron chi connectivity index (χ1n) is 8.09. The summed E-state index contributed by atoms with van der Waals surface area (Å²) < 4.78 is 1.13. The second-order valence-corrected chi connectivity index (χ2v) is 7.33. The van der Waals surface area contributed by atoms with Gasteiger partial charge in [0.15, 0.2) is 5.96 Å². The van der Waals surface area contributed by atoms with Crippen molar-refractivity contribution in [2.24, 2.45) is 22.6 Å². The first-order chi connectivity index (χ1) is 10.5. The van der Waals surface area contributed by atoms with Crippen LogP contribution in [0.2, 0.25) is 0 Å². The van der Waals surface area contributed by atoms with Gasteiger partial charge in [0, 0.05) is 36.3 Å². The van der Waals surface area contributed by atoms with Gasteiger partial charge in [-0.15, -0.1) is 0 Å². The Labute approximate surface area is 142 Å². The standard InChI is InChI=1S/C17H27BrN4/c1-13(2)6-8-20-17(19)21-11-14-7-9-22(12-14)16-5-3-4-15(18)10-16/h3-5,10,13-14H,6-9,11-12H2,1-2H3,(H3,19,20,21). The first kappa shape index (κ1) is 17.1. The summed E-state index contributed by atoms with van der Waals surface area (Å²) in [5, 5.41) is 3.20. The van der Waals surface area contributed by atoms with Crippen LogP contribution in [0.15, 0.2) is 33.7 Å². The molecule has 1 aromatic rings. The van der Waals surface area contributed by atoms with E-state index in [9.17, 15) is 0 Å². The summed E-state index contributed by atoms with van der Waals surface area (Å²) in [4.78, 5) is 6.92. The van der Waals surface area contributed by atoms with Gasteiger partial charge in [0.1, 0.15) is 0 Å². The summed E-state index contributed by atoms with van der Waals surface area (Å²) in [5.41, 5.74) is 7.20. The Balaban J connectivity index is 1.76. The van der Waals surface area contributed by atoms with Gasteiger partial charge in [-0.1, -0.05) is 35.8 Å². The zero-order valence-corrected chi connectivity index (χ0v) is 15.1. The highest BCUT2D eigenvalue weighted by Gasteiger charge is 2.22. The molecule has 122 valence electrons. The van der Waals surface area contributed by atoms with Crippen LogP contribution < -0.4 is 16.0 Å². The molecule has 2 rings (SSSR count). The van der Waals surface area contributed by atoms with E-state index in [1.165, 1.54) is 12.1 Å². The number of hydrogen-bond acceptors (Lipinski definition) is 2. The number of guanidine groups is 1. The molecule has 1 aliphatic rings. The number of aliphatic imine (C=N–C) groups is 1. The third-order valence-electron chi connectivity index (χ3n) is 4.01. The molecule has 0 aliphatic carbocycles. The first-order valence-corrected chi connectivity index (χ1v) is 8.88. The normalized spacial score (nSPS) is 19.0. The third kappa shape index (κ3) is 5.52. The molecule has 1 unspecified atom stereocenters. The van der Waals surface area contributed by atoms with E-state index < -0.39 is 0 Å². The van der Waals surface area contributed by atoms with Crippen LogP contribution in [-0.2, 0) is 0 Å². The molecule has 1 aliphatic heterocycles. The molecule has 1 aromatic carbocycles. The maximum Gasteiger partial charge on any atom is 0.188 e. The van der Waals surface area contributed by atoms with E-state index in [1.807, 2.05) is 0 Å². The molecule has 1 fully saturated rings. The topological polar surface area (TPSA) is 53.6 Å². The molecule has 1 heterocycles. The third-order valence-corrected chi connectivity index (χ3v) is 4.50. The fourth-order valence-electron chi connectivity index (χ4n) is 2.66. The lowest BCUT2D eigenvalue weighted by atomic mass is 10.1. The Morgan fingerprint density at radius 3 is 3.05 bits per heavy atom. The summed E-state index contributed by atoms with van der Waals surface area (Å²) in [6.45, 7) is 8.29. The SMILES string of the molecule is CC(C)CCNC(N)=NCC1CCN(c2cccc(Br)c2)C1. The minimum atomic E-state index is 0.585. The fourth-order valence-corrected chi connectivity index (χ4v) is 3.05. The van der Waals surface area contributed by atoms with Gasteiger partial charge in [-0.05, 0) is 42.9 Å². The van der Waals surface area contributed by atoms with Gasteiger partial charge in [-0.3, -0.25) is 4.99 Å². The molecular formula is C17H27BrN4. The number of nitrogens with zero attached hydrogens (tertiary/aromatic N) is 2. The van der Waals surface area contributed by atoms with E-state index in [0.29, 0.717) is 17.8 Å². The molecule has 0 radical (unpaired) electrons. The maximum atomic E-state index is 5.92. The van der Waals surface area contributed by atoms with E-state index in [2.05, 4.69) is 69.3 Å². The lowest BCUT2D eigenvalue weighted by Gasteiger charge is -2.18.